The van der Waals surface area contributed by atoms with Gasteiger partial charge in [-0.1, -0.05) is 22.0 Å². The first-order valence-electron chi connectivity index (χ1n) is 6.07. The Morgan fingerprint density at radius 2 is 1.90 bits per heavy atom. The first kappa shape index (κ1) is 15.4. The third-order valence-corrected chi connectivity index (χ3v) is 3.03. The van der Waals surface area contributed by atoms with Gasteiger partial charge in [-0.05, 0) is 30.3 Å². The number of ether oxygens (including phenoxy) is 2. The lowest BCUT2D eigenvalue weighted by atomic mass is 10.2. The molecule has 0 saturated carbocycles. The van der Waals surface area contributed by atoms with Gasteiger partial charge in [0.15, 0.2) is 0 Å². The van der Waals surface area contributed by atoms with E-state index < -0.39 is 17.6 Å². The minimum absolute atomic E-state index is 0.0395. The maximum absolute atomic E-state index is 13.3. The summed E-state index contributed by atoms with van der Waals surface area (Å²) in [7, 11) is 0. The van der Waals surface area contributed by atoms with E-state index in [4.69, 9.17) is 9.47 Å². The second-order valence-electron chi connectivity index (χ2n) is 4.07. The van der Waals surface area contributed by atoms with Crippen LogP contribution in [-0.4, -0.2) is 19.2 Å². The van der Waals surface area contributed by atoms with Crippen molar-refractivity contribution < 1.29 is 23.0 Å². The maximum atomic E-state index is 13.3. The molecule has 0 saturated heterocycles. The molecule has 21 heavy (non-hydrogen) atoms. The molecule has 0 heterocycles. The lowest BCUT2D eigenvalue weighted by molar-refractivity contribution is 0.0445. The molecule has 0 unspecified atom stereocenters. The van der Waals surface area contributed by atoms with Gasteiger partial charge >= 0.3 is 5.97 Å². The summed E-state index contributed by atoms with van der Waals surface area (Å²) >= 11 is 3.30. The molecule has 0 amide bonds. The second-order valence-corrected chi connectivity index (χ2v) is 4.98. The van der Waals surface area contributed by atoms with Gasteiger partial charge in [0.1, 0.15) is 30.6 Å². The lowest BCUT2D eigenvalue weighted by Crippen LogP contribution is -2.13. The van der Waals surface area contributed by atoms with Crippen LogP contribution in [0.2, 0.25) is 0 Å². The Morgan fingerprint density at radius 3 is 2.62 bits per heavy atom. The average molecular weight is 357 g/mol. The van der Waals surface area contributed by atoms with Crippen molar-refractivity contribution in [2.45, 2.75) is 0 Å². The fourth-order valence-electron chi connectivity index (χ4n) is 1.58. The van der Waals surface area contributed by atoms with Crippen molar-refractivity contribution in [3.63, 3.8) is 0 Å². The smallest absolute Gasteiger partial charge is 0.341 e. The zero-order valence-electron chi connectivity index (χ0n) is 10.8. The summed E-state index contributed by atoms with van der Waals surface area (Å²) in [6, 6.07) is 9.85. The van der Waals surface area contributed by atoms with E-state index in [9.17, 15) is 13.6 Å². The Bertz CT molecular complexity index is 647. The molecule has 3 nitrogen and oxygen atoms in total. The summed E-state index contributed by atoms with van der Waals surface area (Å²) < 4.78 is 37.2. The molecule has 0 spiro atoms. The molecule has 6 heteroatoms. The van der Waals surface area contributed by atoms with Crippen LogP contribution in [0.4, 0.5) is 8.78 Å². The Morgan fingerprint density at radius 1 is 1.10 bits per heavy atom. The molecule has 0 bridgehead atoms. The van der Waals surface area contributed by atoms with E-state index in [1.165, 1.54) is 0 Å². The van der Waals surface area contributed by atoms with Gasteiger partial charge in [0.05, 0.1) is 5.56 Å². The first-order chi connectivity index (χ1) is 10.1. The van der Waals surface area contributed by atoms with Gasteiger partial charge in [0.2, 0.25) is 0 Å². The highest BCUT2D eigenvalue weighted by Crippen LogP contribution is 2.17. The number of halogens is 3. The Kier molecular flexibility index (Phi) is 5.27. The standard InChI is InChI=1S/C15H11BrF2O3/c16-10-2-1-3-12(8-10)20-6-7-21-15(19)13-5-4-11(17)9-14(13)18/h1-5,8-9H,6-7H2. The van der Waals surface area contributed by atoms with Crippen LogP contribution in [0.15, 0.2) is 46.9 Å². The van der Waals surface area contributed by atoms with Crippen molar-refractivity contribution in [3.05, 3.63) is 64.1 Å². The van der Waals surface area contributed by atoms with Gasteiger partial charge in [0.25, 0.3) is 0 Å². The Hall–Kier alpha value is -1.95. The minimum Gasteiger partial charge on any atom is -0.490 e. The molecular weight excluding hydrogens is 346 g/mol. The molecule has 2 aromatic rings. The van der Waals surface area contributed by atoms with Gasteiger partial charge in [-0.2, -0.15) is 0 Å². The van der Waals surface area contributed by atoms with Crippen LogP contribution < -0.4 is 4.74 Å². The molecule has 0 aromatic heterocycles. The van der Waals surface area contributed by atoms with Gasteiger partial charge in [-0.25, -0.2) is 13.6 Å². The SMILES string of the molecule is O=C(OCCOc1cccc(Br)c1)c1ccc(F)cc1F. The van der Waals surface area contributed by atoms with Crippen molar-refractivity contribution in [2.24, 2.45) is 0 Å². The van der Waals surface area contributed by atoms with Crippen LogP contribution in [0.5, 0.6) is 5.75 Å². The van der Waals surface area contributed by atoms with Crippen molar-refractivity contribution in [2.75, 3.05) is 13.2 Å². The fraction of sp³-hybridized carbons (Fsp3) is 0.133. The zero-order chi connectivity index (χ0) is 15.2. The minimum atomic E-state index is -0.951. The highest BCUT2D eigenvalue weighted by molar-refractivity contribution is 9.10. The van der Waals surface area contributed by atoms with Crippen LogP contribution in [0.25, 0.3) is 0 Å². The number of carbonyl (C=O) groups is 1. The van der Waals surface area contributed by atoms with Crippen molar-refractivity contribution >= 4 is 21.9 Å². The molecule has 0 N–H and O–H groups in total. The Labute approximate surface area is 128 Å². The number of benzene rings is 2. The van der Waals surface area contributed by atoms with Gasteiger partial charge in [0, 0.05) is 10.5 Å². The molecule has 2 aromatic carbocycles. The van der Waals surface area contributed by atoms with E-state index in [0.717, 1.165) is 16.6 Å². The predicted molar refractivity (Wildman–Crippen MR) is 76.3 cm³/mol. The lowest BCUT2D eigenvalue weighted by Gasteiger charge is -2.08. The quantitative estimate of drug-likeness (QED) is 0.600. The predicted octanol–water partition coefficient (Wildman–Crippen LogP) is 3.96. The third-order valence-electron chi connectivity index (χ3n) is 2.53. The van der Waals surface area contributed by atoms with E-state index in [0.29, 0.717) is 11.8 Å². The number of rotatable bonds is 5. The molecule has 2 rings (SSSR count). The molecule has 0 atom stereocenters. The van der Waals surface area contributed by atoms with Crippen LogP contribution >= 0.6 is 15.9 Å². The summed E-state index contributed by atoms with van der Waals surface area (Å²) in [6.07, 6.45) is 0. The van der Waals surface area contributed by atoms with Gasteiger partial charge < -0.3 is 9.47 Å². The molecule has 0 radical (unpaired) electrons. The number of carbonyl (C=O) groups excluding carboxylic acids is 1. The monoisotopic (exact) mass is 356 g/mol. The molecule has 0 aliphatic carbocycles. The van der Waals surface area contributed by atoms with Crippen LogP contribution in [0.1, 0.15) is 10.4 Å². The number of esters is 1. The van der Waals surface area contributed by atoms with E-state index in [1.54, 1.807) is 18.2 Å². The molecule has 110 valence electrons. The molecule has 0 aliphatic heterocycles. The largest absolute Gasteiger partial charge is 0.490 e. The molecule has 0 fully saturated rings. The van der Waals surface area contributed by atoms with E-state index in [2.05, 4.69) is 15.9 Å². The third kappa shape index (κ3) is 4.53. The second kappa shape index (κ2) is 7.17. The van der Waals surface area contributed by atoms with E-state index in [-0.39, 0.29) is 18.8 Å². The van der Waals surface area contributed by atoms with Crippen molar-refractivity contribution in [3.8, 4) is 5.75 Å². The maximum Gasteiger partial charge on any atom is 0.341 e. The molecular formula is C15H11BrF2O3. The van der Waals surface area contributed by atoms with Crippen LogP contribution in [0, 0.1) is 11.6 Å². The summed E-state index contributed by atoms with van der Waals surface area (Å²) in [5.74, 6) is -1.94. The van der Waals surface area contributed by atoms with E-state index in [1.807, 2.05) is 6.07 Å². The zero-order valence-corrected chi connectivity index (χ0v) is 12.4. The van der Waals surface area contributed by atoms with Gasteiger partial charge in [-0.3, -0.25) is 0 Å². The van der Waals surface area contributed by atoms with Crippen LogP contribution in [-0.2, 0) is 4.74 Å². The van der Waals surface area contributed by atoms with E-state index >= 15 is 0 Å². The topological polar surface area (TPSA) is 35.5 Å². The highest BCUT2D eigenvalue weighted by Gasteiger charge is 2.13. The number of hydrogen-bond donors (Lipinski definition) is 0. The summed E-state index contributed by atoms with van der Waals surface area (Å²) in [5.41, 5.74) is -0.307. The first-order valence-corrected chi connectivity index (χ1v) is 6.86. The van der Waals surface area contributed by atoms with Crippen molar-refractivity contribution in [1.82, 2.24) is 0 Å². The van der Waals surface area contributed by atoms with Crippen LogP contribution in [0.3, 0.4) is 0 Å². The molecule has 0 aliphatic rings. The average Bonchev–Trinajstić information content (AvgIpc) is 2.43. The van der Waals surface area contributed by atoms with Crippen molar-refractivity contribution in [1.29, 1.82) is 0 Å². The summed E-state index contributed by atoms with van der Waals surface area (Å²) in [6.45, 7) is 0.0904. The fourth-order valence-corrected chi connectivity index (χ4v) is 1.96. The Balaban J connectivity index is 1.82. The summed E-state index contributed by atoms with van der Waals surface area (Å²) in [4.78, 5) is 11.6. The summed E-state index contributed by atoms with van der Waals surface area (Å²) in [5, 5.41) is 0. The normalized spacial score (nSPS) is 10.2. The number of hydrogen-bond acceptors (Lipinski definition) is 3. The van der Waals surface area contributed by atoms with Gasteiger partial charge in [-0.15, -0.1) is 0 Å². The highest BCUT2D eigenvalue weighted by atomic mass is 79.9.